The molecule has 0 radical (unpaired) electrons. The molecule has 7 aromatic carbocycles. The number of rotatable bonds is 7. The van der Waals surface area contributed by atoms with E-state index in [0.717, 1.165) is 71.9 Å². The fourth-order valence-electron chi connectivity index (χ4n) is 6.60. The minimum atomic E-state index is -0.178. The van der Waals surface area contributed by atoms with E-state index in [-0.39, 0.29) is 17.4 Å². The number of halogens is 1. The summed E-state index contributed by atoms with van der Waals surface area (Å²) in [6.07, 6.45) is 0. The van der Waals surface area contributed by atoms with Crippen molar-refractivity contribution in [2.24, 2.45) is 20.5 Å². The van der Waals surface area contributed by atoms with Crippen LogP contribution in [0.15, 0.2) is 142 Å². The summed E-state index contributed by atoms with van der Waals surface area (Å²) in [7, 11) is 0. The van der Waals surface area contributed by atoms with E-state index in [2.05, 4.69) is 52.5 Å². The van der Waals surface area contributed by atoms with Gasteiger partial charge in [-0.3, -0.25) is 0 Å². The summed E-state index contributed by atoms with van der Waals surface area (Å²) in [5, 5.41) is 43.9. The number of phenols is 2. The molecule has 6 nitrogen and oxygen atoms in total. The van der Waals surface area contributed by atoms with Gasteiger partial charge in [-0.15, -0.1) is 10.2 Å². The molecule has 246 valence electrons. The summed E-state index contributed by atoms with van der Waals surface area (Å²) in [6, 6.07) is 39.0. The van der Waals surface area contributed by atoms with Crippen LogP contribution in [0.25, 0.3) is 21.5 Å². The van der Waals surface area contributed by atoms with Crippen LogP contribution in [-0.2, 0) is 0 Å². The van der Waals surface area contributed by atoms with Crippen LogP contribution in [0.4, 0.5) is 22.7 Å². The Bertz CT molecular complexity index is 2340. The van der Waals surface area contributed by atoms with Crippen molar-refractivity contribution in [3.63, 3.8) is 0 Å². The maximum absolute atomic E-state index is 10.6. The lowest BCUT2D eigenvalue weighted by atomic mass is 9.80. The van der Waals surface area contributed by atoms with Gasteiger partial charge < -0.3 is 10.2 Å². The second-order valence-electron chi connectivity index (χ2n) is 12.7. The third-order valence-corrected chi connectivity index (χ3v) is 9.63. The zero-order valence-corrected chi connectivity index (χ0v) is 28.9. The number of benzene rings is 7. The molecule has 0 fully saturated rings. The van der Waals surface area contributed by atoms with E-state index in [1.54, 1.807) is 12.1 Å². The molecule has 0 amide bonds. The monoisotopic (exact) mass is 674 g/mol. The topological polar surface area (TPSA) is 89.9 Å². The van der Waals surface area contributed by atoms with Crippen molar-refractivity contribution in [1.82, 2.24) is 0 Å². The van der Waals surface area contributed by atoms with Gasteiger partial charge in [-0.2, -0.15) is 10.2 Å². The van der Waals surface area contributed by atoms with Crippen LogP contribution < -0.4 is 0 Å². The van der Waals surface area contributed by atoms with Gasteiger partial charge in [0, 0.05) is 21.7 Å². The molecule has 0 spiro atoms. The number of hydrogen-bond acceptors (Lipinski definition) is 6. The molecule has 0 atom stereocenters. The van der Waals surface area contributed by atoms with Gasteiger partial charge in [0.1, 0.15) is 22.9 Å². The normalized spacial score (nSPS) is 12.4. The van der Waals surface area contributed by atoms with Crippen LogP contribution in [0.1, 0.15) is 44.9 Å². The molecular weight excluding hydrogens is 640 g/mol. The highest BCUT2D eigenvalue weighted by Gasteiger charge is 2.24. The Morgan fingerprint density at radius 3 is 1.38 bits per heavy atom. The standard InChI is InChI=1S/C43H35ClN4O2/c1-25-23-37(45-47-42-31-13-7-5-11-29(31)17-19-39(42)49)27(3)21-34(25)41(33-15-9-10-16-36(33)44)35-22-28(4)38(24-26(35)2)46-48-43-32-14-8-6-12-30(32)18-20-40(43)50/h5-24,41,49-50H,1-4H3. The Morgan fingerprint density at radius 1 is 0.460 bits per heavy atom. The van der Waals surface area contributed by atoms with Crippen LogP contribution in [0.2, 0.25) is 5.02 Å². The molecule has 0 aliphatic heterocycles. The van der Waals surface area contributed by atoms with Gasteiger partial charge in [-0.05, 0) is 108 Å². The highest BCUT2D eigenvalue weighted by Crippen LogP contribution is 2.43. The van der Waals surface area contributed by atoms with E-state index in [4.69, 9.17) is 11.6 Å². The maximum Gasteiger partial charge on any atom is 0.143 e. The summed E-state index contributed by atoms with van der Waals surface area (Å²) in [4.78, 5) is 0. The first-order valence-electron chi connectivity index (χ1n) is 16.4. The number of hydrogen-bond donors (Lipinski definition) is 2. The second-order valence-corrected chi connectivity index (χ2v) is 13.1. The van der Waals surface area contributed by atoms with Gasteiger partial charge >= 0.3 is 0 Å². The van der Waals surface area contributed by atoms with Crippen molar-refractivity contribution < 1.29 is 10.2 Å². The van der Waals surface area contributed by atoms with Crippen LogP contribution in [-0.4, -0.2) is 10.2 Å². The highest BCUT2D eigenvalue weighted by atomic mass is 35.5. The Morgan fingerprint density at radius 2 is 0.900 bits per heavy atom. The summed E-state index contributed by atoms with van der Waals surface area (Å²) >= 11 is 6.91. The lowest BCUT2D eigenvalue weighted by molar-refractivity contribution is 0.476. The maximum atomic E-state index is 10.6. The fraction of sp³-hybridized carbons (Fsp3) is 0.116. The summed E-state index contributed by atoms with van der Waals surface area (Å²) in [5.41, 5.74) is 9.46. The lowest BCUT2D eigenvalue weighted by Gasteiger charge is -2.25. The first kappa shape index (κ1) is 32.7. The van der Waals surface area contributed by atoms with E-state index < -0.39 is 0 Å². The van der Waals surface area contributed by atoms with Crippen molar-refractivity contribution in [1.29, 1.82) is 0 Å². The molecule has 0 aliphatic rings. The van der Waals surface area contributed by atoms with E-state index in [9.17, 15) is 10.2 Å². The van der Waals surface area contributed by atoms with Gasteiger partial charge in [0.15, 0.2) is 0 Å². The SMILES string of the molecule is Cc1cc(C(c2cc(C)c(N=Nc3c(O)ccc4ccccc34)cc2C)c2ccccc2Cl)c(C)cc1N=Nc1c(O)ccc2ccccc12. The minimum Gasteiger partial charge on any atom is -0.506 e. The first-order valence-corrected chi connectivity index (χ1v) is 16.8. The molecule has 7 rings (SSSR count). The first-order chi connectivity index (χ1) is 24.2. The molecule has 0 aromatic heterocycles. The molecule has 0 saturated carbocycles. The zero-order valence-electron chi connectivity index (χ0n) is 28.2. The third kappa shape index (κ3) is 6.22. The number of nitrogens with zero attached hydrogens (tertiary/aromatic N) is 4. The molecule has 50 heavy (non-hydrogen) atoms. The molecule has 0 bridgehead atoms. The quantitative estimate of drug-likeness (QED) is 0.130. The lowest BCUT2D eigenvalue weighted by Crippen LogP contribution is -2.09. The molecule has 0 heterocycles. The summed E-state index contributed by atoms with van der Waals surface area (Å²) < 4.78 is 0. The van der Waals surface area contributed by atoms with Gasteiger partial charge in [0.2, 0.25) is 0 Å². The smallest absolute Gasteiger partial charge is 0.143 e. The highest BCUT2D eigenvalue weighted by molar-refractivity contribution is 6.31. The minimum absolute atomic E-state index is 0.0833. The van der Waals surface area contributed by atoms with Crippen molar-refractivity contribution in [3.8, 4) is 11.5 Å². The van der Waals surface area contributed by atoms with E-state index in [1.807, 2.05) is 105 Å². The zero-order chi connectivity index (χ0) is 34.9. The van der Waals surface area contributed by atoms with E-state index in [0.29, 0.717) is 16.4 Å². The van der Waals surface area contributed by atoms with Crippen LogP contribution in [0.5, 0.6) is 11.5 Å². The van der Waals surface area contributed by atoms with Gasteiger partial charge in [0.25, 0.3) is 0 Å². The van der Waals surface area contributed by atoms with E-state index in [1.165, 1.54) is 0 Å². The number of fused-ring (bicyclic) bond motifs is 2. The van der Waals surface area contributed by atoms with Gasteiger partial charge in [-0.25, -0.2) is 0 Å². The van der Waals surface area contributed by atoms with E-state index >= 15 is 0 Å². The summed E-state index contributed by atoms with van der Waals surface area (Å²) in [5.74, 6) is -0.0118. The molecule has 2 N–H and O–H groups in total. The van der Waals surface area contributed by atoms with Crippen LogP contribution in [0.3, 0.4) is 0 Å². The average molecular weight is 675 g/mol. The molecule has 7 aromatic rings. The van der Waals surface area contributed by atoms with Crippen LogP contribution in [0, 0.1) is 27.7 Å². The summed E-state index contributed by atoms with van der Waals surface area (Å²) in [6.45, 7) is 8.20. The largest absolute Gasteiger partial charge is 0.506 e. The Kier molecular flexibility index (Phi) is 8.87. The molecular formula is C43H35ClN4O2. The number of azo groups is 2. The Hall–Kier alpha value is -5.85. The molecule has 0 unspecified atom stereocenters. The third-order valence-electron chi connectivity index (χ3n) is 9.28. The van der Waals surface area contributed by atoms with Crippen molar-refractivity contribution in [2.75, 3.05) is 0 Å². The average Bonchev–Trinajstić information content (AvgIpc) is 3.11. The molecule has 0 aliphatic carbocycles. The molecule has 0 saturated heterocycles. The fourth-order valence-corrected chi connectivity index (χ4v) is 6.85. The number of phenolic OH excluding ortho intramolecular Hbond substituents is 2. The van der Waals surface area contributed by atoms with Crippen molar-refractivity contribution >= 4 is 55.9 Å². The van der Waals surface area contributed by atoms with Gasteiger partial charge in [0.05, 0.1) is 11.4 Å². The number of aryl methyl sites for hydroxylation is 4. The van der Waals surface area contributed by atoms with Gasteiger partial charge in [-0.1, -0.05) is 103 Å². The van der Waals surface area contributed by atoms with Crippen LogP contribution >= 0.6 is 11.6 Å². The van der Waals surface area contributed by atoms with Crippen molar-refractivity contribution in [3.05, 3.63) is 165 Å². The molecule has 7 heteroatoms. The predicted octanol–water partition coefficient (Wildman–Crippen LogP) is 13.3. The number of aromatic hydroxyl groups is 2. The second kappa shape index (κ2) is 13.6. The Labute approximate surface area is 296 Å². The predicted molar refractivity (Wildman–Crippen MR) is 204 cm³/mol. The Balaban J connectivity index is 1.30. The van der Waals surface area contributed by atoms with Crippen molar-refractivity contribution in [2.45, 2.75) is 33.6 Å².